The van der Waals surface area contributed by atoms with E-state index in [2.05, 4.69) is 174 Å². The van der Waals surface area contributed by atoms with Gasteiger partial charge in [0.15, 0.2) is 5.75 Å². The number of fused-ring (bicyclic) bond motifs is 6. The fraction of sp³-hybridized carbons (Fsp3) is 0.368. The Hall–Kier alpha value is -5.08. The predicted molar refractivity (Wildman–Crippen MR) is 244 cm³/mol. The number of ether oxygens (including phenoxy) is 1. The molecule has 4 fully saturated rings. The van der Waals surface area contributed by atoms with Crippen molar-refractivity contribution >= 4 is 17.1 Å². The van der Waals surface area contributed by atoms with E-state index in [9.17, 15) is 0 Å². The molecular weight excluding hydrogens is 715 g/mol. The van der Waals surface area contributed by atoms with Gasteiger partial charge >= 0.3 is 0 Å². The summed E-state index contributed by atoms with van der Waals surface area (Å²) in [6.07, 6.45) is 9.06. The van der Waals surface area contributed by atoms with Gasteiger partial charge in [-0.05, 0) is 143 Å². The Morgan fingerprint density at radius 3 is 1.80 bits per heavy atom. The molecule has 1 spiro atoms. The summed E-state index contributed by atoms with van der Waals surface area (Å²) in [4.78, 5) is 2.64. The van der Waals surface area contributed by atoms with Crippen LogP contribution in [-0.2, 0) is 21.7 Å². The van der Waals surface area contributed by atoms with E-state index in [1.165, 1.54) is 106 Å². The van der Waals surface area contributed by atoms with E-state index in [1.807, 2.05) is 0 Å². The van der Waals surface area contributed by atoms with Crippen molar-refractivity contribution in [1.82, 2.24) is 0 Å². The molecule has 7 aliphatic rings. The maximum absolute atomic E-state index is 7.73. The summed E-state index contributed by atoms with van der Waals surface area (Å²) in [5.41, 5.74) is 17.3. The quantitative estimate of drug-likeness (QED) is 0.177. The van der Waals surface area contributed by atoms with E-state index in [0.717, 1.165) is 35.4 Å². The van der Waals surface area contributed by atoms with Gasteiger partial charge < -0.3 is 9.64 Å². The Balaban J connectivity index is 1.15. The lowest BCUT2D eigenvalue weighted by Crippen LogP contribution is -2.57. The molecule has 59 heavy (non-hydrogen) atoms. The highest BCUT2D eigenvalue weighted by Crippen LogP contribution is 2.71. The summed E-state index contributed by atoms with van der Waals surface area (Å²) in [6.45, 7) is 14.7. The smallest absolute Gasteiger partial charge is 0.155 e. The lowest BCUT2D eigenvalue weighted by molar-refractivity contribution is -0.0451. The fourth-order valence-electron chi connectivity index (χ4n) is 14.1. The van der Waals surface area contributed by atoms with E-state index < -0.39 is 0 Å². The monoisotopic (exact) mass is 771 g/mol. The molecule has 0 unspecified atom stereocenters. The second-order valence-electron chi connectivity index (χ2n) is 21.2. The molecule has 0 radical (unpaired) electrons. The van der Waals surface area contributed by atoms with Gasteiger partial charge in [0.1, 0.15) is 5.75 Å². The molecule has 296 valence electrons. The Morgan fingerprint density at radius 2 is 1.05 bits per heavy atom. The SMILES string of the molecule is CC1(C)CCC(C)(C)c2c(N(c3ccc4c(c3)C(C)(C)c3ccccc3-4)c3cccc4c3Oc3c(-c5ccccc5)cccc3C43C4CC5CC(C4)CC3C5)cccc21. The van der Waals surface area contributed by atoms with Crippen LogP contribution in [-0.4, -0.2) is 0 Å². The van der Waals surface area contributed by atoms with Crippen molar-refractivity contribution < 1.29 is 4.74 Å². The third-order valence-corrected chi connectivity index (χ3v) is 16.7. The lowest BCUT2D eigenvalue weighted by Gasteiger charge is -2.63. The van der Waals surface area contributed by atoms with Gasteiger partial charge in [0, 0.05) is 33.2 Å². The van der Waals surface area contributed by atoms with Gasteiger partial charge in [-0.1, -0.05) is 145 Å². The van der Waals surface area contributed by atoms with Crippen LogP contribution in [0.4, 0.5) is 17.1 Å². The van der Waals surface area contributed by atoms with Crippen LogP contribution in [0.3, 0.4) is 0 Å². The second-order valence-corrected chi connectivity index (χ2v) is 21.2. The zero-order chi connectivity index (χ0) is 40.1. The zero-order valence-electron chi connectivity index (χ0n) is 35.7. The average molecular weight is 772 g/mol. The molecular formula is C57H57NO. The molecule has 4 saturated carbocycles. The lowest BCUT2D eigenvalue weighted by atomic mass is 9.41. The Morgan fingerprint density at radius 1 is 0.475 bits per heavy atom. The summed E-state index contributed by atoms with van der Waals surface area (Å²) < 4.78 is 7.73. The molecule has 4 bridgehead atoms. The number of hydrogen-bond donors (Lipinski definition) is 0. The fourth-order valence-corrected chi connectivity index (χ4v) is 14.1. The number of rotatable bonds is 4. The van der Waals surface area contributed by atoms with Crippen molar-refractivity contribution in [2.24, 2.45) is 23.7 Å². The summed E-state index contributed by atoms with van der Waals surface area (Å²) in [6, 6.07) is 48.9. The molecule has 6 aliphatic carbocycles. The molecule has 0 atom stereocenters. The third kappa shape index (κ3) is 4.87. The van der Waals surface area contributed by atoms with Crippen molar-refractivity contribution in [2.45, 2.75) is 108 Å². The van der Waals surface area contributed by atoms with E-state index in [1.54, 1.807) is 0 Å². The Labute approximate surface area is 351 Å². The molecule has 6 aromatic carbocycles. The van der Waals surface area contributed by atoms with Crippen LogP contribution >= 0.6 is 0 Å². The molecule has 6 aromatic rings. The minimum atomic E-state index is -0.119. The van der Waals surface area contributed by atoms with Crippen LogP contribution in [0.25, 0.3) is 22.3 Å². The highest BCUT2D eigenvalue weighted by molar-refractivity contribution is 5.90. The average Bonchev–Trinajstić information content (AvgIpc) is 3.46. The number of benzene rings is 6. The van der Waals surface area contributed by atoms with E-state index >= 15 is 0 Å². The number of anilines is 3. The molecule has 1 heterocycles. The first-order valence-corrected chi connectivity index (χ1v) is 22.7. The van der Waals surface area contributed by atoms with Gasteiger partial charge in [0.25, 0.3) is 0 Å². The minimum absolute atomic E-state index is 0.00263. The van der Waals surface area contributed by atoms with Gasteiger partial charge in [-0.25, -0.2) is 0 Å². The van der Waals surface area contributed by atoms with Gasteiger partial charge in [0.2, 0.25) is 0 Å². The molecule has 13 rings (SSSR count). The van der Waals surface area contributed by atoms with Gasteiger partial charge in [-0.2, -0.15) is 0 Å². The molecule has 2 heteroatoms. The van der Waals surface area contributed by atoms with Crippen molar-refractivity contribution in [3.05, 3.63) is 161 Å². The molecule has 0 N–H and O–H groups in total. The maximum atomic E-state index is 7.73. The first-order valence-electron chi connectivity index (χ1n) is 22.7. The van der Waals surface area contributed by atoms with Gasteiger partial charge in [-0.15, -0.1) is 0 Å². The highest BCUT2D eigenvalue weighted by Gasteiger charge is 2.62. The second kappa shape index (κ2) is 12.2. The first-order chi connectivity index (χ1) is 28.5. The number of hydrogen-bond acceptors (Lipinski definition) is 2. The molecule has 0 saturated heterocycles. The Bertz CT molecular complexity index is 2670. The van der Waals surface area contributed by atoms with Crippen molar-refractivity contribution in [1.29, 1.82) is 0 Å². The van der Waals surface area contributed by atoms with Crippen molar-refractivity contribution in [3.8, 4) is 33.8 Å². The largest absolute Gasteiger partial charge is 0.454 e. The van der Waals surface area contributed by atoms with Crippen LogP contribution in [0.2, 0.25) is 0 Å². The summed E-state index contributed by atoms with van der Waals surface area (Å²) in [5, 5.41) is 0. The molecule has 0 amide bonds. The molecule has 0 aromatic heterocycles. The standard InChI is InChI=1S/C57H57NO/c1-54(2)27-28-55(3,4)51-45(54)20-13-23-49(51)58(40-25-26-43-42-17-10-11-19-44(42)56(5,6)48(43)34-40)50-24-14-22-47-53(50)59-52-41(37-15-8-7-9-16-37)18-12-21-46(52)57(47)38-30-35-29-36(32-38)33-39(57)31-35/h7-26,34-36,38-39H,27-33H2,1-6H3. The summed E-state index contributed by atoms with van der Waals surface area (Å²) in [7, 11) is 0. The van der Waals surface area contributed by atoms with Crippen LogP contribution in [0.1, 0.15) is 120 Å². The molecule has 1 aliphatic heterocycles. The minimum Gasteiger partial charge on any atom is -0.454 e. The highest BCUT2D eigenvalue weighted by atomic mass is 16.5. The normalized spacial score (nSPS) is 26.6. The topological polar surface area (TPSA) is 12.5 Å². The van der Waals surface area contributed by atoms with E-state index in [0.29, 0.717) is 11.8 Å². The molecule has 2 nitrogen and oxygen atoms in total. The van der Waals surface area contributed by atoms with Crippen LogP contribution < -0.4 is 9.64 Å². The van der Waals surface area contributed by atoms with Crippen LogP contribution in [0, 0.1) is 23.7 Å². The Kier molecular flexibility index (Phi) is 7.44. The summed E-state index contributed by atoms with van der Waals surface area (Å²) in [5.74, 6) is 5.07. The predicted octanol–water partition coefficient (Wildman–Crippen LogP) is 15.3. The van der Waals surface area contributed by atoms with Gasteiger partial charge in [-0.3, -0.25) is 0 Å². The van der Waals surface area contributed by atoms with Gasteiger partial charge in [0.05, 0.1) is 11.4 Å². The van der Waals surface area contributed by atoms with Crippen molar-refractivity contribution in [3.63, 3.8) is 0 Å². The maximum Gasteiger partial charge on any atom is 0.155 e. The van der Waals surface area contributed by atoms with Crippen LogP contribution in [0.15, 0.2) is 127 Å². The summed E-state index contributed by atoms with van der Waals surface area (Å²) >= 11 is 0. The number of para-hydroxylation sites is 2. The number of nitrogens with zero attached hydrogens (tertiary/aromatic N) is 1. The third-order valence-electron chi connectivity index (χ3n) is 16.7. The van der Waals surface area contributed by atoms with E-state index in [4.69, 9.17) is 4.74 Å². The zero-order valence-corrected chi connectivity index (χ0v) is 35.7. The van der Waals surface area contributed by atoms with E-state index in [-0.39, 0.29) is 21.7 Å². The first kappa shape index (κ1) is 35.8. The van der Waals surface area contributed by atoms with Crippen molar-refractivity contribution in [2.75, 3.05) is 4.90 Å². The van der Waals surface area contributed by atoms with Crippen LogP contribution in [0.5, 0.6) is 11.5 Å².